The predicted octanol–water partition coefficient (Wildman–Crippen LogP) is 4.33. The van der Waals surface area contributed by atoms with E-state index < -0.39 is 28.9 Å². The van der Waals surface area contributed by atoms with Crippen LogP contribution in [0.4, 0.5) is 15.0 Å². The molecule has 1 aromatic carbocycles. The second-order valence-electron chi connectivity index (χ2n) is 10.8. The van der Waals surface area contributed by atoms with Crippen molar-refractivity contribution in [1.29, 1.82) is 0 Å². The molecule has 200 valence electrons. The van der Waals surface area contributed by atoms with Gasteiger partial charge in [-0.25, -0.2) is 19.0 Å². The molecule has 1 amide bonds. The zero-order chi connectivity index (χ0) is 27.0. The van der Waals surface area contributed by atoms with Crippen LogP contribution in [0.3, 0.4) is 0 Å². The Bertz CT molecular complexity index is 1430. The van der Waals surface area contributed by atoms with Gasteiger partial charge in [-0.3, -0.25) is 4.79 Å². The molecule has 1 atom stereocenters. The molecule has 2 aromatic heterocycles. The maximum atomic E-state index is 15.3. The van der Waals surface area contributed by atoms with E-state index >= 15 is 4.39 Å². The van der Waals surface area contributed by atoms with E-state index in [1.165, 1.54) is 6.20 Å². The SMILES string of the molecule is CC(C)(C)OC(=O)N[C@H]1CCN(c2nc3c(cc2F)c(=O)c(C(=O)OCc2ccccc2)cn3C2CC2)C1. The molecule has 2 aliphatic rings. The fourth-order valence-electron chi connectivity index (χ4n) is 4.58. The number of nitrogens with one attached hydrogen (secondary N) is 1. The fourth-order valence-corrected chi connectivity index (χ4v) is 4.58. The van der Waals surface area contributed by atoms with Crippen molar-refractivity contribution in [1.82, 2.24) is 14.9 Å². The Kier molecular flexibility index (Phi) is 6.81. The van der Waals surface area contributed by atoms with Gasteiger partial charge in [-0.15, -0.1) is 0 Å². The first-order chi connectivity index (χ1) is 18.1. The molecule has 1 saturated heterocycles. The normalized spacial score (nSPS) is 17.5. The third-order valence-corrected chi connectivity index (χ3v) is 6.52. The lowest BCUT2D eigenvalue weighted by molar-refractivity contribution is 0.0468. The zero-order valence-corrected chi connectivity index (χ0v) is 21.7. The number of ether oxygens (including phenoxy) is 2. The summed E-state index contributed by atoms with van der Waals surface area (Å²) in [6.45, 7) is 6.22. The minimum absolute atomic E-state index is 0.0274. The van der Waals surface area contributed by atoms with E-state index in [-0.39, 0.29) is 35.5 Å². The van der Waals surface area contributed by atoms with E-state index in [2.05, 4.69) is 10.3 Å². The summed E-state index contributed by atoms with van der Waals surface area (Å²) >= 11 is 0. The van der Waals surface area contributed by atoms with Gasteiger partial charge in [0, 0.05) is 25.3 Å². The molecular weight excluding hydrogens is 491 g/mol. The van der Waals surface area contributed by atoms with Crippen LogP contribution in [0, 0.1) is 5.82 Å². The number of aromatic nitrogens is 2. The minimum atomic E-state index is -0.754. The maximum absolute atomic E-state index is 15.3. The van der Waals surface area contributed by atoms with Gasteiger partial charge < -0.3 is 24.3 Å². The van der Waals surface area contributed by atoms with E-state index in [1.807, 2.05) is 30.3 Å². The lowest BCUT2D eigenvalue weighted by atomic mass is 10.1. The molecule has 0 radical (unpaired) electrons. The zero-order valence-electron chi connectivity index (χ0n) is 21.7. The molecule has 0 unspecified atom stereocenters. The highest BCUT2D eigenvalue weighted by molar-refractivity contribution is 5.93. The molecule has 10 heteroatoms. The van der Waals surface area contributed by atoms with E-state index in [0.717, 1.165) is 24.5 Å². The van der Waals surface area contributed by atoms with Crippen molar-refractivity contribution in [2.45, 2.75) is 64.3 Å². The van der Waals surface area contributed by atoms with Crippen LogP contribution in [-0.4, -0.2) is 46.3 Å². The Labute approximate surface area is 219 Å². The fraction of sp³-hybridized carbons (Fsp3) is 0.429. The number of rotatable bonds is 6. The summed E-state index contributed by atoms with van der Waals surface area (Å²) in [5.74, 6) is -1.31. The van der Waals surface area contributed by atoms with Crippen molar-refractivity contribution >= 4 is 28.9 Å². The minimum Gasteiger partial charge on any atom is -0.457 e. The van der Waals surface area contributed by atoms with E-state index in [0.29, 0.717) is 25.2 Å². The van der Waals surface area contributed by atoms with E-state index in [4.69, 9.17) is 9.47 Å². The third-order valence-electron chi connectivity index (χ3n) is 6.52. The highest BCUT2D eigenvalue weighted by atomic mass is 19.1. The Morgan fingerprint density at radius 1 is 1.16 bits per heavy atom. The largest absolute Gasteiger partial charge is 0.457 e. The summed E-state index contributed by atoms with van der Waals surface area (Å²) in [6.07, 6.45) is 3.30. The van der Waals surface area contributed by atoms with E-state index in [1.54, 1.807) is 30.2 Å². The third kappa shape index (κ3) is 5.64. The summed E-state index contributed by atoms with van der Waals surface area (Å²) in [4.78, 5) is 44.6. The lowest BCUT2D eigenvalue weighted by Crippen LogP contribution is -2.40. The molecule has 3 aromatic rings. The summed E-state index contributed by atoms with van der Waals surface area (Å²) < 4.78 is 27.8. The number of anilines is 1. The van der Waals surface area contributed by atoms with Crippen LogP contribution in [0.25, 0.3) is 11.0 Å². The Morgan fingerprint density at radius 3 is 2.58 bits per heavy atom. The van der Waals surface area contributed by atoms with Crippen LogP contribution >= 0.6 is 0 Å². The van der Waals surface area contributed by atoms with E-state index in [9.17, 15) is 14.4 Å². The van der Waals surface area contributed by atoms with Crippen molar-refractivity contribution in [3.63, 3.8) is 0 Å². The van der Waals surface area contributed by atoms with Crippen LogP contribution < -0.4 is 15.6 Å². The first-order valence-corrected chi connectivity index (χ1v) is 12.8. The van der Waals surface area contributed by atoms with Crippen molar-refractivity contribution in [2.24, 2.45) is 0 Å². The highest BCUT2D eigenvalue weighted by Crippen LogP contribution is 2.37. The number of hydrogen-bond acceptors (Lipinski definition) is 7. The van der Waals surface area contributed by atoms with Crippen LogP contribution in [0.5, 0.6) is 0 Å². The van der Waals surface area contributed by atoms with Gasteiger partial charge in [-0.2, -0.15) is 0 Å². The van der Waals surface area contributed by atoms with Crippen molar-refractivity contribution < 1.29 is 23.5 Å². The van der Waals surface area contributed by atoms with Crippen LogP contribution in [0.2, 0.25) is 0 Å². The van der Waals surface area contributed by atoms with Gasteiger partial charge >= 0.3 is 12.1 Å². The Morgan fingerprint density at radius 2 is 1.89 bits per heavy atom. The number of pyridine rings is 2. The van der Waals surface area contributed by atoms with Gasteiger partial charge in [-0.05, 0) is 51.7 Å². The van der Waals surface area contributed by atoms with Crippen molar-refractivity contribution in [2.75, 3.05) is 18.0 Å². The molecule has 3 heterocycles. The van der Waals surface area contributed by atoms with Gasteiger partial charge in [0.2, 0.25) is 5.43 Å². The van der Waals surface area contributed by atoms with Gasteiger partial charge in [0.25, 0.3) is 0 Å². The number of benzene rings is 1. The number of hydrogen-bond donors (Lipinski definition) is 1. The average Bonchev–Trinajstić information content (AvgIpc) is 3.60. The molecule has 5 rings (SSSR count). The second kappa shape index (κ2) is 10.1. The molecule has 1 saturated carbocycles. The van der Waals surface area contributed by atoms with Crippen molar-refractivity contribution in [3.05, 3.63) is 69.8 Å². The number of amides is 1. The Balaban J connectivity index is 1.40. The number of carbonyl (C=O) groups is 2. The molecule has 1 aliphatic heterocycles. The van der Waals surface area contributed by atoms with Gasteiger partial charge in [-0.1, -0.05) is 30.3 Å². The topological polar surface area (TPSA) is 103 Å². The van der Waals surface area contributed by atoms with Crippen LogP contribution in [0.15, 0.2) is 47.4 Å². The average molecular weight is 523 g/mol. The summed E-state index contributed by atoms with van der Waals surface area (Å²) in [5, 5.41) is 2.86. The molecule has 38 heavy (non-hydrogen) atoms. The summed E-state index contributed by atoms with van der Waals surface area (Å²) in [5.41, 5.74) is -0.243. The van der Waals surface area contributed by atoms with Crippen LogP contribution in [0.1, 0.15) is 62.0 Å². The number of esters is 1. The smallest absolute Gasteiger partial charge is 0.407 e. The monoisotopic (exact) mass is 522 g/mol. The molecular formula is C28H31FN4O5. The lowest BCUT2D eigenvalue weighted by Gasteiger charge is -2.22. The Hall–Kier alpha value is -3.95. The maximum Gasteiger partial charge on any atom is 0.407 e. The number of fused-ring (bicyclic) bond motifs is 1. The van der Waals surface area contributed by atoms with Gasteiger partial charge in [0.15, 0.2) is 11.6 Å². The van der Waals surface area contributed by atoms with Crippen molar-refractivity contribution in [3.8, 4) is 0 Å². The molecule has 0 spiro atoms. The summed E-state index contributed by atoms with van der Waals surface area (Å²) in [6, 6.07) is 10.2. The van der Waals surface area contributed by atoms with Gasteiger partial charge in [0.1, 0.15) is 23.4 Å². The van der Waals surface area contributed by atoms with Crippen LogP contribution in [-0.2, 0) is 16.1 Å². The number of carbonyl (C=O) groups excluding carboxylic acids is 2. The predicted molar refractivity (Wildman–Crippen MR) is 140 cm³/mol. The number of nitrogens with zero attached hydrogens (tertiary/aromatic N) is 3. The molecule has 1 N–H and O–H groups in total. The highest BCUT2D eigenvalue weighted by Gasteiger charge is 2.32. The first-order valence-electron chi connectivity index (χ1n) is 12.8. The summed E-state index contributed by atoms with van der Waals surface area (Å²) in [7, 11) is 0. The number of halogens is 1. The molecule has 9 nitrogen and oxygen atoms in total. The standard InChI is InChI=1S/C28H31FN4O5/c1-28(2,3)38-27(36)30-18-11-12-32(14-18)25-22(29)13-20-23(34)21(15-33(19-9-10-19)24(20)31-25)26(35)37-16-17-7-5-4-6-8-17/h4-8,13,15,18-19H,9-12,14,16H2,1-3H3,(H,30,36)/t18-/m0/s1. The quantitative estimate of drug-likeness (QED) is 0.481. The molecule has 2 fully saturated rings. The van der Waals surface area contributed by atoms with Gasteiger partial charge in [0.05, 0.1) is 11.4 Å². The molecule has 0 bridgehead atoms. The number of alkyl carbamates (subject to hydrolysis) is 1. The first kappa shape index (κ1) is 25.7. The second-order valence-corrected chi connectivity index (χ2v) is 10.8. The molecule has 1 aliphatic carbocycles.